The van der Waals surface area contributed by atoms with Crippen LogP contribution in [-0.4, -0.2) is 29.2 Å². The summed E-state index contributed by atoms with van der Waals surface area (Å²) >= 11 is 6.08. The predicted molar refractivity (Wildman–Crippen MR) is 70.8 cm³/mol. The Bertz CT molecular complexity index is 440. The van der Waals surface area contributed by atoms with Crippen molar-refractivity contribution >= 4 is 17.4 Å². The largest absolute Gasteiger partial charge is 0.374 e. The quantitative estimate of drug-likeness (QED) is 0.786. The molecule has 5 heteroatoms. The van der Waals surface area contributed by atoms with Gasteiger partial charge in [-0.15, -0.1) is 0 Å². The van der Waals surface area contributed by atoms with Crippen molar-refractivity contribution in [1.29, 1.82) is 0 Å². The molecule has 1 aliphatic heterocycles. The standard InChI is InChI=1S/C13H18ClN3O/c1-2-18-8-12-15-11(14)6-13(16-12)17-7-9-3-4-10(17)5-9/h6,9-10H,2-5,7-8H2,1H3. The second-order valence-electron chi connectivity index (χ2n) is 5.09. The number of nitrogens with zero attached hydrogens (tertiary/aromatic N) is 3. The van der Waals surface area contributed by atoms with Gasteiger partial charge in [-0.1, -0.05) is 11.6 Å². The fourth-order valence-electron chi connectivity index (χ4n) is 3.06. The van der Waals surface area contributed by atoms with Crippen molar-refractivity contribution in [3.63, 3.8) is 0 Å². The lowest BCUT2D eigenvalue weighted by molar-refractivity contribution is 0.128. The molecule has 18 heavy (non-hydrogen) atoms. The molecule has 0 radical (unpaired) electrons. The SMILES string of the molecule is CCOCc1nc(Cl)cc(N2CC3CCC2C3)n1. The normalized spacial score (nSPS) is 26.0. The van der Waals surface area contributed by atoms with Crippen LogP contribution >= 0.6 is 11.6 Å². The number of halogens is 1. The number of aromatic nitrogens is 2. The highest BCUT2D eigenvalue weighted by Crippen LogP contribution is 2.39. The summed E-state index contributed by atoms with van der Waals surface area (Å²) in [7, 11) is 0. The van der Waals surface area contributed by atoms with E-state index in [-0.39, 0.29) is 0 Å². The number of ether oxygens (including phenoxy) is 1. The summed E-state index contributed by atoms with van der Waals surface area (Å²) in [5.74, 6) is 2.50. The Morgan fingerprint density at radius 1 is 1.44 bits per heavy atom. The smallest absolute Gasteiger partial charge is 0.158 e. The molecule has 2 unspecified atom stereocenters. The van der Waals surface area contributed by atoms with Gasteiger partial charge in [-0.25, -0.2) is 9.97 Å². The molecule has 2 atom stereocenters. The Balaban J connectivity index is 1.81. The van der Waals surface area contributed by atoms with Gasteiger partial charge in [0.2, 0.25) is 0 Å². The average molecular weight is 268 g/mol. The van der Waals surface area contributed by atoms with Crippen LogP contribution in [0.25, 0.3) is 0 Å². The Morgan fingerprint density at radius 3 is 3.00 bits per heavy atom. The second kappa shape index (κ2) is 5.02. The average Bonchev–Trinajstić information content (AvgIpc) is 2.98. The lowest BCUT2D eigenvalue weighted by Gasteiger charge is -2.28. The highest BCUT2D eigenvalue weighted by molar-refractivity contribution is 6.29. The van der Waals surface area contributed by atoms with Crippen LogP contribution in [-0.2, 0) is 11.3 Å². The third kappa shape index (κ3) is 2.31. The fourth-order valence-corrected chi connectivity index (χ4v) is 3.26. The third-order valence-electron chi connectivity index (χ3n) is 3.87. The van der Waals surface area contributed by atoms with Crippen molar-refractivity contribution in [1.82, 2.24) is 9.97 Å². The van der Waals surface area contributed by atoms with Crippen molar-refractivity contribution in [3.8, 4) is 0 Å². The maximum atomic E-state index is 6.08. The van der Waals surface area contributed by atoms with Gasteiger partial charge < -0.3 is 9.64 Å². The monoisotopic (exact) mass is 267 g/mol. The minimum absolute atomic E-state index is 0.437. The fraction of sp³-hybridized carbons (Fsp3) is 0.692. The van der Waals surface area contributed by atoms with E-state index in [9.17, 15) is 0 Å². The first-order valence-corrected chi connectivity index (χ1v) is 7.02. The summed E-state index contributed by atoms with van der Waals surface area (Å²) < 4.78 is 5.35. The molecule has 0 aromatic carbocycles. The summed E-state index contributed by atoms with van der Waals surface area (Å²) in [6, 6.07) is 2.53. The number of anilines is 1. The van der Waals surface area contributed by atoms with Gasteiger partial charge in [-0.3, -0.25) is 0 Å². The van der Waals surface area contributed by atoms with Crippen LogP contribution in [0.5, 0.6) is 0 Å². The molecule has 1 aliphatic carbocycles. The van der Waals surface area contributed by atoms with Crippen LogP contribution in [0.2, 0.25) is 5.15 Å². The lowest BCUT2D eigenvalue weighted by atomic mass is 10.1. The number of rotatable bonds is 4. The molecule has 0 amide bonds. The predicted octanol–water partition coefficient (Wildman–Crippen LogP) is 2.66. The van der Waals surface area contributed by atoms with Gasteiger partial charge in [0.15, 0.2) is 5.82 Å². The summed E-state index contributed by atoms with van der Waals surface area (Å²) in [4.78, 5) is 11.2. The summed E-state index contributed by atoms with van der Waals surface area (Å²) in [5, 5.41) is 0.512. The first-order chi connectivity index (χ1) is 8.76. The highest BCUT2D eigenvalue weighted by atomic mass is 35.5. The Kier molecular flexibility index (Phi) is 3.39. The van der Waals surface area contributed by atoms with Gasteiger partial charge in [0.05, 0.1) is 0 Å². The molecular formula is C13H18ClN3O. The molecule has 0 N–H and O–H groups in total. The molecule has 1 aromatic rings. The molecule has 1 saturated carbocycles. The molecule has 2 aliphatic rings. The van der Waals surface area contributed by atoms with E-state index >= 15 is 0 Å². The van der Waals surface area contributed by atoms with Gasteiger partial charge in [-0.05, 0) is 32.1 Å². The van der Waals surface area contributed by atoms with Crippen molar-refractivity contribution < 1.29 is 4.74 Å². The van der Waals surface area contributed by atoms with Gasteiger partial charge in [-0.2, -0.15) is 0 Å². The lowest BCUT2D eigenvalue weighted by Crippen LogP contribution is -2.32. The van der Waals surface area contributed by atoms with Crippen molar-refractivity contribution in [2.45, 2.75) is 38.8 Å². The van der Waals surface area contributed by atoms with Crippen LogP contribution in [0.1, 0.15) is 32.0 Å². The van der Waals surface area contributed by atoms with Crippen LogP contribution in [0.4, 0.5) is 5.82 Å². The second-order valence-corrected chi connectivity index (χ2v) is 5.47. The molecule has 2 heterocycles. The minimum atomic E-state index is 0.437. The zero-order chi connectivity index (χ0) is 12.5. The highest BCUT2D eigenvalue weighted by Gasteiger charge is 2.38. The molecule has 98 valence electrons. The van der Waals surface area contributed by atoms with E-state index in [0.29, 0.717) is 30.2 Å². The summed E-state index contributed by atoms with van der Waals surface area (Å²) in [6.45, 7) is 4.18. The van der Waals surface area contributed by atoms with Gasteiger partial charge in [0.25, 0.3) is 0 Å². The van der Waals surface area contributed by atoms with Crippen LogP contribution in [0, 0.1) is 5.92 Å². The van der Waals surface area contributed by atoms with E-state index in [1.54, 1.807) is 0 Å². The molecule has 2 bridgehead atoms. The zero-order valence-electron chi connectivity index (χ0n) is 10.6. The van der Waals surface area contributed by atoms with E-state index in [2.05, 4.69) is 14.9 Å². The van der Waals surface area contributed by atoms with Gasteiger partial charge >= 0.3 is 0 Å². The van der Waals surface area contributed by atoms with Crippen molar-refractivity contribution in [2.75, 3.05) is 18.1 Å². The molecular weight excluding hydrogens is 250 g/mol. The van der Waals surface area contributed by atoms with Gasteiger partial charge in [0.1, 0.15) is 17.6 Å². The van der Waals surface area contributed by atoms with Crippen molar-refractivity contribution in [3.05, 3.63) is 17.0 Å². The number of hydrogen-bond donors (Lipinski definition) is 0. The maximum absolute atomic E-state index is 6.08. The van der Waals surface area contributed by atoms with E-state index in [1.165, 1.54) is 19.3 Å². The molecule has 2 fully saturated rings. The zero-order valence-corrected chi connectivity index (χ0v) is 11.4. The summed E-state index contributed by atoms with van der Waals surface area (Å²) in [6.07, 6.45) is 3.96. The Hall–Kier alpha value is -0.870. The summed E-state index contributed by atoms with van der Waals surface area (Å²) in [5.41, 5.74) is 0. The first kappa shape index (κ1) is 12.2. The van der Waals surface area contributed by atoms with Crippen LogP contribution < -0.4 is 4.90 Å². The van der Waals surface area contributed by atoms with E-state index < -0.39 is 0 Å². The van der Waals surface area contributed by atoms with E-state index in [4.69, 9.17) is 16.3 Å². The molecule has 3 rings (SSSR count). The van der Waals surface area contributed by atoms with Crippen LogP contribution in [0.3, 0.4) is 0 Å². The Labute approximate surface area is 112 Å². The van der Waals surface area contributed by atoms with E-state index in [1.807, 2.05) is 13.0 Å². The number of fused-ring (bicyclic) bond motifs is 2. The molecule has 1 aromatic heterocycles. The first-order valence-electron chi connectivity index (χ1n) is 6.64. The molecule has 0 spiro atoms. The topological polar surface area (TPSA) is 38.2 Å². The van der Waals surface area contributed by atoms with Crippen molar-refractivity contribution in [2.24, 2.45) is 5.92 Å². The maximum Gasteiger partial charge on any atom is 0.158 e. The van der Waals surface area contributed by atoms with Gasteiger partial charge in [0, 0.05) is 25.3 Å². The Morgan fingerprint density at radius 2 is 2.33 bits per heavy atom. The minimum Gasteiger partial charge on any atom is -0.374 e. The van der Waals surface area contributed by atoms with Crippen LogP contribution in [0.15, 0.2) is 6.07 Å². The molecule has 4 nitrogen and oxygen atoms in total. The number of piperidine rings is 1. The number of hydrogen-bond acceptors (Lipinski definition) is 4. The van der Waals surface area contributed by atoms with E-state index in [0.717, 1.165) is 18.3 Å². The third-order valence-corrected chi connectivity index (χ3v) is 4.06. The molecule has 1 saturated heterocycles.